The van der Waals surface area contributed by atoms with Gasteiger partial charge in [-0.3, -0.25) is 14.5 Å². The topological polar surface area (TPSA) is 114 Å². The summed E-state index contributed by atoms with van der Waals surface area (Å²) < 4.78 is 10.7. The van der Waals surface area contributed by atoms with Crippen LogP contribution in [0.4, 0.5) is 4.79 Å². The van der Waals surface area contributed by atoms with Crippen LogP contribution >= 0.6 is 0 Å². The molecule has 180 valence electrons. The first-order chi connectivity index (χ1) is 16.0. The number of amides is 3. The van der Waals surface area contributed by atoms with Gasteiger partial charge in [-0.1, -0.05) is 30.3 Å². The number of hydrogen-bond acceptors (Lipinski definition) is 6. The highest BCUT2D eigenvalue weighted by molar-refractivity contribution is 5.86. The predicted molar refractivity (Wildman–Crippen MR) is 121 cm³/mol. The van der Waals surface area contributed by atoms with Crippen LogP contribution in [0, 0.1) is 5.92 Å². The summed E-state index contributed by atoms with van der Waals surface area (Å²) in [5, 5.41) is 3.06. The molecule has 1 aromatic rings. The molecule has 1 aliphatic carbocycles. The molecule has 0 bridgehead atoms. The normalized spacial score (nSPS) is 26.2. The minimum absolute atomic E-state index is 0.00521. The van der Waals surface area contributed by atoms with E-state index >= 15 is 0 Å². The van der Waals surface area contributed by atoms with Gasteiger partial charge in [0.2, 0.25) is 11.8 Å². The van der Waals surface area contributed by atoms with Crippen LogP contribution in [-0.4, -0.2) is 72.3 Å². The van der Waals surface area contributed by atoms with Crippen molar-refractivity contribution in [2.45, 2.75) is 63.3 Å². The standard InChI is InChI=1S/C24H34N4O5/c25-21(23(30)27-12-4-5-13-27)18-8-10-19(11-9-18)26-22(29)20-15-32-16-28(20)24(31)33-14-17-6-2-1-3-7-17/h1-3,6-7,18-21H,4-5,8-16,25H2,(H,26,29)/t18-,19-,20-,21+/m1/s1. The Balaban J connectivity index is 1.22. The lowest BCUT2D eigenvalue weighted by Gasteiger charge is -2.34. The molecule has 0 spiro atoms. The van der Waals surface area contributed by atoms with E-state index < -0.39 is 18.2 Å². The lowest BCUT2D eigenvalue weighted by atomic mass is 9.81. The Kier molecular flexibility index (Phi) is 7.82. The van der Waals surface area contributed by atoms with Gasteiger partial charge < -0.3 is 25.4 Å². The van der Waals surface area contributed by atoms with E-state index in [4.69, 9.17) is 15.2 Å². The van der Waals surface area contributed by atoms with Crippen molar-refractivity contribution >= 4 is 17.9 Å². The fourth-order valence-electron chi connectivity index (χ4n) is 4.91. The molecule has 9 heteroatoms. The molecule has 3 aliphatic rings. The van der Waals surface area contributed by atoms with Gasteiger partial charge in [-0.05, 0) is 50.0 Å². The van der Waals surface area contributed by atoms with Crippen molar-refractivity contribution in [2.24, 2.45) is 11.7 Å². The quantitative estimate of drug-likeness (QED) is 0.669. The van der Waals surface area contributed by atoms with Crippen LogP contribution in [0.5, 0.6) is 0 Å². The van der Waals surface area contributed by atoms with Crippen molar-refractivity contribution in [1.82, 2.24) is 15.1 Å². The van der Waals surface area contributed by atoms with Crippen LogP contribution in [0.2, 0.25) is 0 Å². The monoisotopic (exact) mass is 458 g/mol. The third-order valence-corrected chi connectivity index (χ3v) is 6.95. The van der Waals surface area contributed by atoms with Gasteiger partial charge in [-0.2, -0.15) is 0 Å². The Bertz CT molecular complexity index is 821. The van der Waals surface area contributed by atoms with E-state index in [9.17, 15) is 14.4 Å². The molecule has 2 aliphatic heterocycles. The van der Waals surface area contributed by atoms with E-state index in [1.54, 1.807) is 0 Å². The molecule has 0 radical (unpaired) electrons. The Hall–Kier alpha value is -2.65. The van der Waals surface area contributed by atoms with Gasteiger partial charge in [-0.15, -0.1) is 0 Å². The van der Waals surface area contributed by atoms with E-state index in [-0.39, 0.29) is 43.7 Å². The largest absolute Gasteiger partial charge is 0.444 e. The number of benzene rings is 1. The van der Waals surface area contributed by atoms with Crippen LogP contribution in [0.1, 0.15) is 44.1 Å². The number of hydrogen-bond donors (Lipinski definition) is 2. The highest BCUT2D eigenvalue weighted by Gasteiger charge is 2.38. The van der Waals surface area contributed by atoms with Gasteiger partial charge in [0.25, 0.3) is 0 Å². The van der Waals surface area contributed by atoms with Gasteiger partial charge in [0.15, 0.2) is 0 Å². The molecule has 1 aromatic carbocycles. The highest BCUT2D eigenvalue weighted by Crippen LogP contribution is 2.28. The van der Waals surface area contributed by atoms with E-state index in [1.165, 1.54) is 4.90 Å². The van der Waals surface area contributed by atoms with Crippen molar-refractivity contribution in [3.8, 4) is 0 Å². The molecule has 9 nitrogen and oxygen atoms in total. The lowest BCUT2D eigenvalue weighted by molar-refractivity contribution is -0.133. The third-order valence-electron chi connectivity index (χ3n) is 6.95. The molecule has 0 aromatic heterocycles. The number of ether oxygens (including phenoxy) is 2. The fourth-order valence-corrected chi connectivity index (χ4v) is 4.91. The summed E-state index contributed by atoms with van der Waals surface area (Å²) in [4.78, 5) is 41.2. The summed E-state index contributed by atoms with van der Waals surface area (Å²) in [7, 11) is 0. The summed E-state index contributed by atoms with van der Waals surface area (Å²) in [6.45, 7) is 1.95. The van der Waals surface area contributed by atoms with Gasteiger partial charge in [0, 0.05) is 19.1 Å². The number of carbonyl (C=O) groups is 3. The van der Waals surface area contributed by atoms with E-state index in [2.05, 4.69) is 5.32 Å². The SMILES string of the molecule is N[C@H](C(=O)N1CCCC1)[C@H]1CC[C@H](NC(=O)[C@H]2COCN2C(=O)OCc2ccccc2)CC1. The van der Waals surface area contributed by atoms with Crippen LogP contribution in [0.25, 0.3) is 0 Å². The first kappa shape index (κ1) is 23.5. The average Bonchev–Trinajstić information content (AvgIpc) is 3.55. The second-order valence-electron chi connectivity index (χ2n) is 9.20. The van der Waals surface area contributed by atoms with Crippen molar-refractivity contribution in [2.75, 3.05) is 26.4 Å². The fraction of sp³-hybridized carbons (Fsp3) is 0.625. The molecule has 3 amide bonds. The summed E-state index contributed by atoms with van der Waals surface area (Å²) in [5.74, 6) is -0.0247. The third kappa shape index (κ3) is 5.83. The zero-order valence-electron chi connectivity index (χ0n) is 19.0. The maximum atomic E-state index is 12.9. The van der Waals surface area contributed by atoms with Crippen LogP contribution < -0.4 is 11.1 Å². The van der Waals surface area contributed by atoms with Crippen molar-refractivity contribution in [3.63, 3.8) is 0 Å². The first-order valence-corrected chi connectivity index (χ1v) is 11.9. The van der Waals surface area contributed by atoms with Gasteiger partial charge in [-0.25, -0.2) is 4.79 Å². The van der Waals surface area contributed by atoms with Crippen LogP contribution in [-0.2, 0) is 25.7 Å². The first-order valence-electron chi connectivity index (χ1n) is 11.9. The zero-order chi connectivity index (χ0) is 23.2. The number of nitrogens with one attached hydrogen (secondary N) is 1. The Morgan fingerprint density at radius 1 is 1.09 bits per heavy atom. The molecule has 3 fully saturated rings. The molecule has 2 heterocycles. The molecular formula is C24H34N4O5. The summed E-state index contributed by atoms with van der Waals surface area (Å²) >= 11 is 0. The average molecular weight is 459 g/mol. The molecule has 2 saturated heterocycles. The molecule has 3 N–H and O–H groups in total. The predicted octanol–water partition coefficient (Wildman–Crippen LogP) is 1.61. The van der Waals surface area contributed by atoms with Gasteiger partial charge in [0.05, 0.1) is 12.6 Å². The molecule has 33 heavy (non-hydrogen) atoms. The minimum Gasteiger partial charge on any atom is -0.444 e. The summed E-state index contributed by atoms with van der Waals surface area (Å²) in [6, 6.07) is 8.24. The van der Waals surface area contributed by atoms with Crippen molar-refractivity contribution in [1.29, 1.82) is 0 Å². The number of rotatable bonds is 6. The smallest absolute Gasteiger partial charge is 0.412 e. The van der Waals surface area contributed by atoms with Crippen LogP contribution in [0.3, 0.4) is 0 Å². The van der Waals surface area contributed by atoms with E-state index in [0.717, 1.165) is 57.2 Å². The minimum atomic E-state index is -0.704. The molecule has 0 unspecified atom stereocenters. The second kappa shape index (κ2) is 11.0. The van der Waals surface area contributed by atoms with Gasteiger partial charge >= 0.3 is 6.09 Å². The molecule has 2 atom stereocenters. The molecule has 1 saturated carbocycles. The van der Waals surface area contributed by atoms with Crippen molar-refractivity contribution < 1.29 is 23.9 Å². The van der Waals surface area contributed by atoms with Crippen LogP contribution in [0.15, 0.2) is 30.3 Å². The highest BCUT2D eigenvalue weighted by atomic mass is 16.6. The molecule has 4 rings (SSSR count). The number of carbonyl (C=O) groups excluding carboxylic acids is 3. The van der Waals surface area contributed by atoms with E-state index in [0.29, 0.717) is 0 Å². The lowest BCUT2D eigenvalue weighted by Crippen LogP contribution is -2.52. The maximum absolute atomic E-state index is 12.9. The summed E-state index contributed by atoms with van der Waals surface area (Å²) in [5.41, 5.74) is 7.17. The van der Waals surface area contributed by atoms with Gasteiger partial charge in [0.1, 0.15) is 19.4 Å². The Morgan fingerprint density at radius 2 is 1.79 bits per heavy atom. The molecular weight excluding hydrogens is 424 g/mol. The number of nitrogens with zero attached hydrogens (tertiary/aromatic N) is 2. The second-order valence-corrected chi connectivity index (χ2v) is 9.20. The number of nitrogens with two attached hydrogens (primary N) is 1. The Morgan fingerprint density at radius 3 is 2.48 bits per heavy atom. The maximum Gasteiger partial charge on any atom is 0.412 e. The van der Waals surface area contributed by atoms with Crippen molar-refractivity contribution in [3.05, 3.63) is 35.9 Å². The summed E-state index contributed by atoms with van der Waals surface area (Å²) in [6.07, 6.45) is 4.68. The zero-order valence-corrected chi connectivity index (χ0v) is 19.0. The number of likely N-dealkylation sites (tertiary alicyclic amines) is 1. The van der Waals surface area contributed by atoms with E-state index in [1.807, 2.05) is 35.2 Å². The Labute approximate surface area is 194 Å².